The first-order valence-corrected chi connectivity index (χ1v) is 5.62. The van der Waals surface area contributed by atoms with E-state index in [1.54, 1.807) is 12.1 Å². The largest absolute Gasteiger partial charge is 0.508 e. The molecule has 2 rings (SSSR count). The van der Waals surface area contributed by atoms with Crippen LogP contribution in [0.3, 0.4) is 0 Å². The lowest BCUT2D eigenvalue weighted by molar-refractivity contribution is 0.304. The Morgan fingerprint density at radius 2 is 1.89 bits per heavy atom. The molecule has 0 aliphatic carbocycles. The van der Waals surface area contributed by atoms with Gasteiger partial charge < -0.3 is 19.9 Å². The van der Waals surface area contributed by atoms with Gasteiger partial charge in [-0.2, -0.15) is 0 Å². The maximum absolute atomic E-state index is 13.1. The molecule has 0 aliphatic rings. The molecule has 0 atom stereocenters. The van der Waals surface area contributed by atoms with Crippen LogP contribution in [0.5, 0.6) is 11.5 Å². The van der Waals surface area contributed by atoms with Gasteiger partial charge in [-0.1, -0.05) is 18.2 Å². The number of hydrogen-bond donors (Lipinski definition) is 3. The first kappa shape index (κ1) is 13.4. The number of rotatable bonds is 4. The Bertz CT molecular complexity index is 574. The van der Waals surface area contributed by atoms with Gasteiger partial charge >= 0.3 is 7.12 Å². The average Bonchev–Trinajstić information content (AvgIpc) is 2.36. The highest BCUT2D eigenvalue weighted by molar-refractivity contribution is 6.59. The zero-order valence-corrected chi connectivity index (χ0v) is 9.95. The highest BCUT2D eigenvalue weighted by Crippen LogP contribution is 2.15. The molecular weight excluding hydrogens is 250 g/mol. The first-order chi connectivity index (χ1) is 9.06. The van der Waals surface area contributed by atoms with Crippen molar-refractivity contribution in [1.29, 1.82) is 0 Å². The van der Waals surface area contributed by atoms with Crippen LogP contribution in [-0.2, 0) is 6.61 Å². The van der Waals surface area contributed by atoms with Crippen molar-refractivity contribution in [3.63, 3.8) is 0 Å². The van der Waals surface area contributed by atoms with Crippen LogP contribution in [0.4, 0.5) is 4.39 Å². The Hall–Kier alpha value is -2.05. The second kappa shape index (κ2) is 5.73. The van der Waals surface area contributed by atoms with E-state index in [1.165, 1.54) is 18.2 Å². The summed E-state index contributed by atoms with van der Waals surface area (Å²) in [5.74, 6) is -0.378. The SMILES string of the molecule is OB(O)c1ccc(F)cc1OCc1cccc(O)c1. The molecule has 0 saturated heterocycles. The van der Waals surface area contributed by atoms with Crippen molar-refractivity contribution >= 4 is 12.6 Å². The third-order valence-electron chi connectivity index (χ3n) is 2.56. The summed E-state index contributed by atoms with van der Waals surface area (Å²) in [5.41, 5.74) is 0.768. The second-order valence-corrected chi connectivity index (χ2v) is 4.01. The third-order valence-corrected chi connectivity index (χ3v) is 2.56. The van der Waals surface area contributed by atoms with Crippen LogP contribution >= 0.6 is 0 Å². The molecule has 2 aromatic rings. The molecule has 0 spiro atoms. The van der Waals surface area contributed by atoms with Crippen molar-refractivity contribution in [2.75, 3.05) is 0 Å². The minimum Gasteiger partial charge on any atom is -0.508 e. The Kier molecular flexibility index (Phi) is 4.04. The number of hydrogen-bond acceptors (Lipinski definition) is 4. The van der Waals surface area contributed by atoms with Gasteiger partial charge in [0.1, 0.15) is 23.9 Å². The molecule has 0 aromatic heterocycles. The van der Waals surface area contributed by atoms with E-state index in [-0.39, 0.29) is 23.6 Å². The lowest BCUT2D eigenvalue weighted by atomic mass is 9.79. The van der Waals surface area contributed by atoms with E-state index in [0.29, 0.717) is 5.56 Å². The molecule has 98 valence electrons. The van der Waals surface area contributed by atoms with E-state index in [0.717, 1.165) is 12.1 Å². The minimum absolute atomic E-state index is 0.0540. The third kappa shape index (κ3) is 3.46. The zero-order valence-electron chi connectivity index (χ0n) is 9.95. The first-order valence-electron chi connectivity index (χ1n) is 5.62. The summed E-state index contributed by atoms with van der Waals surface area (Å²) in [6, 6.07) is 9.86. The lowest BCUT2D eigenvalue weighted by Gasteiger charge is -2.11. The van der Waals surface area contributed by atoms with Gasteiger partial charge in [-0.3, -0.25) is 0 Å². The number of halogens is 1. The molecule has 0 amide bonds. The number of phenols is 1. The summed E-state index contributed by atoms with van der Waals surface area (Å²) in [4.78, 5) is 0. The van der Waals surface area contributed by atoms with E-state index in [9.17, 15) is 9.50 Å². The fraction of sp³-hybridized carbons (Fsp3) is 0.0769. The Balaban J connectivity index is 2.17. The van der Waals surface area contributed by atoms with Gasteiger partial charge in [0.15, 0.2) is 0 Å². The summed E-state index contributed by atoms with van der Waals surface area (Å²) >= 11 is 0. The number of phenolic OH excluding ortho intramolecular Hbond substituents is 1. The monoisotopic (exact) mass is 262 g/mol. The van der Waals surface area contributed by atoms with Crippen LogP contribution < -0.4 is 10.2 Å². The van der Waals surface area contributed by atoms with Gasteiger partial charge in [0.25, 0.3) is 0 Å². The normalized spacial score (nSPS) is 10.3. The summed E-state index contributed by atoms with van der Waals surface area (Å²) in [6.07, 6.45) is 0. The van der Waals surface area contributed by atoms with Crippen molar-refractivity contribution in [3.05, 3.63) is 53.8 Å². The van der Waals surface area contributed by atoms with Gasteiger partial charge in [-0.15, -0.1) is 0 Å². The van der Waals surface area contributed by atoms with Crippen LogP contribution in [0.15, 0.2) is 42.5 Å². The molecule has 0 bridgehead atoms. The van der Waals surface area contributed by atoms with Crippen LogP contribution in [-0.4, -0.2) is 22.3 Å². The molecule has 0 radical (unpaired) electrons. The van der Waals surface area contributed by atoms with Crippen molar-refractivity contribution < 1.29 is 24.3 Å². The van der Waals surface area contributed by atoms with Crippen molar-refractivity contribution in [1.82, 2.24) is 0 Å². The van der Waals surface area contributed by atoms with E-state index >= 15 is 0 Å². The second-order valence-electron chi connectivity index (χ2n) is 4.01. The maximum Gasteiger partial charge on any atom is 0.492 e. The summed E-state index contributed by atoms with van der Waals surface area (Å²) in [6.45, 7) is 0.0809. The Labute approximate surface area is 109 Å². The molecule has 0 fully saturated rings. The van der Waals surface area contributed by atoms with Crippen molar-refractivity contribution in [2.45, 2.75) is 6.61 Å². The van der Waals surface area contributed by atoms with Gasteiger partial charge in [0.2, 0.25) is 0 Å². The summed E-state index contributed by atoms with van der Waals surface area (Å²) in [5, 5.41) is 27.6. The fourth-order valence-electron chi connectivity index (χ4n) is 1.65. The van der Waals surface area contributed by atoms with Crippen molar-refractivity contribution in [2.24, 2.45) is 0 Å². The molecule has 2 aromatic carbocycles. The van der Waals surface area contributed by atoms with E-state index in [1.807, 2.05) is 0 Å². The van der Waals surface area contributed by atoms with Gasteiger partial charge in [0, 0.05) is 11.5 Å². The van der Waals surface area contributed by atoms with Gasteiger partial charge in [-0.05, 0) is 23.8 Å². The van der Waals surface area contributed by atoms with Crippen LogP contribution in [0.1, 0.15) is 5.56 Å². The van der Waals surface area contributed by atoms with Gasteiger partial charge in [0.05, 0.1) is 0 Å². The van der Waals surface area contributed by atoms with E-state index < -0.39 is 12.9 Å². The standard InChI is InChI=1S/C13H12BFO4/c15-10-4-5-12(14(17)18)13(7-10)19-8-9-2-1-3-11(16)6-9/h1-7,16-18H,8H2. The van der Waals surface area contributed by atoms with Crippen LogP contribution in [0.2, 0.25) is 0 Å². The van der Waals surface area contributed by atoms with Gasteiger partial charge in [-0.25, -0.2) is 4.39 Å². The number of aromatic hydroxyl groups is 1. The quantitative estimate of drug-likeness (QED) is 0.712. The molecule has 0 heterocycles. The minimum atomic E-state index is -1.74. The molecule has 0 unspecified atom stereocenters. The Morgan fingerprint density at radius 1 is 1.11 bits per heavy atom. The predicted octanol–water partition coefficient (Wildman–Crippen LogP) is 0.790. The highest BCUT2D eigenvalue weighted by Gasteiger charge is 2.17. The maximum atomic E-state index is 13.1. The predicted molar refractivity (Wildman–Crippen MR) is 68.7 cm³/mol. The summed E-state index contributed by atoms with van der Waals surface area (Å²) in [7, 11) is -1.74. The lowest BCUT2D eigenvalue weighted by Crippen LogP contribution is -2.31. The fourth-order valence-corrected chi connectivity index (χ4v) is 1.65. The molecule has 19 heavy (non-hydrogen) atoms. The molecular formula is C13H12BFO4. The van der Waals surface area contributed by atoms with E-state index in [4.69, 9.17) is 14.8 Å². The molecule has 0 aliphatic heterocycles. The molecule has 6 heteroatoms. The van der Waals surface area contributed by atoms with E-state index in [2.05, 4.69) is 0 Å². The topological polar surface area (TPSA) is 69.9 Å². The molecule has 4 nitrogen and oxygen atoms in total. The zero-order chi connectivity index (χ0) is 13.8. The summed E-state index contributed by atoms with van der Waals surface area (Å²) < 4.78 is 18.5. The molecule has 3 N–H and O–H groups in total. The van der Waals surface area contributed by atoms with Crippen LogP contribution in [0.25, 0.3) is 0 Å². The van der Waals surface area contributed by atoms with Crippen LogP contribution in [0, 0.1) is 5.82 Å². The average molecular weight is 262 g/mol. The smallest absolute Gasteiger partial charge is 0.492 e. The number of benzene rings is 2. The molecule has 0 saturated carbocycles. The Morgan fingerprint density at radius 3 is 2.58 bits per heavy atom. The number of ether oxygens (including phenoxy) is 1. The highest BCUT2D eigenvalue weighted by atomic mass is 19.1. The van der Waals surface area contributed by atoms with Crippen molar-refractivity contribution in [3.8, 4) is 11.5 Å².